The van der Waals surface area contributed by atoms with Crippen LogP contribution in [0.15, 0.2) is 29.4 Å². The molecule has 1 heterocycles. The van der Waals surface area contributed by atoms with E-state index in [1.54, 1.807) is 11.0 Å². The first-order chi connectivity index (χ1) is 9.13. The number of piperidine rings is 1. The van der Waals surface area contributed by atoms with Gasteiger partial charge in [0.15, 0.2) is 5.84 Å². The molecule has 0 aliphatic carbocycles. The number of benzene rings is 1. The predicted octanol–water partition coefficient (Wildman–Crippen LogP) is 1.74. The third-order valence-corrected chi connectivity index (χ3v) is 3.49. The fourth-order valence-corrected chi connectivity index (χ4v) is 2.49. The largest absolute Gasteiger partial charge is 0.409 e. The van der Waals surface area contributed by atoms with Crippen LogP contribution in [0.3, 0.4) is 0 Å². The van der Waals surface area contributed by atoms with Crippen LogP contribution in [0.4, 0.5) is 0 Å². The van der Waals surface area contributed by atoms with Crippen LogP contribution in [0.5, 0.6) is 0 Å². The van der Waals surface area contributed by atoms with Gasteiger partial charge in [-0.2, -0.15) is 0 Å². The van der Waals surface area contributed by atoms with E-state index in [1.807, 2.05) is 25.1 Å². The smallest absolute Gasteiger partial charge is 0.254 e. The van der Waals surface area contributed by atoms with Crippen molar-refractivity contribution in [3.63, 3.8) is 0 Å². The van der Waals surface area contributed by atoms with Crippen LogP contribution in [-0.2, 0) is 0 Å². The molecule has 0 radical (unpaired) electrons. The molecule has 1 aliphatic rings. The summed E-state index contributed by atoms with van der Waals surface area (Å²) in [5.74, 6) is 0.0562. The Bertz CT molecular complexity index is 499. The topological polar surface area (TPSA) is 78.9 Å². The number of amidine groups is 1. The minimum atomic E-state index is -0.299. The average molecular weight is 261 g/mol. The van der Waals surface area contributed by atoms with E-state index in [-0.39, 0.29) is 17.8 Å². The van der Waals surface area contributed by atoms with E-state index in [0.717, 1.165) is 24.8 Å². The summed E-state index contributed by atoms with van der Waals surface area (Å²) in [7, 11) is 0. The first-order valence-electron chi connectivity index (χ1n) is 6.48. The summed E-state index contributed by atoms with van der Waals surface area (Å²) in [5, 5.41) is 11.9. The van der Waals surface area contributed by atoms with Crippen molar-refractivity contribution >= 4 is 11.7 Å². The Kier molecular flexibility index (Phi) is 4.04. The molecule has 1 amide bonds. The van der Waals surface area contributed by atoms with E-state index in [2.05, 4.69) is 5.16 Å². The monoisotopic (exact) mass is 261 g/mol. The number of amides is 1. The first kappa shape index (κ1) is 13.4. The Morgan fingerprint density at radius 2 is 2.26 bits per heavy atom. The van der Waals surface area contributed by atoms with E-state index >= 15 is 0 Å². The zero-order valence-electron chi connectivity index (χ0n) is 11.0. The molecule has 0 saturated carbocycles. The summed E-state index contributed by atoms with van der Waals surface area (Å²) in [6, 6.07) is 7.18. The summed E-state index contributed by atoms with van der Waals surface area (Å²) in [6.45, 7) is 2.60. The molecule has 102 valence electrons. The molecule has 1 aromatic rings. The molecule has 1 saturated heterocycles. The Morgan fingerprint density at radius 1 is 1.47 bits per heavy atom. The molecular formula is C14H19N3O2. The third-order valence-electron chi connectivity index (χ3n) is 3.49. The maximum atomic E-state index is 12.5. The highest BCUT2D eigenvalue weighted by Gasteiger charge is 2.30. The normalized spacial score (nSPS) is 20.4. The average Bonchev–Trinajstić information content (AvgIpc) is 2.45. The summed E-state index contributed by atoms with van der Waals surface area (Å²) in [5.41, 5.74) is 7.39. The molecule has 1 unspecified atom stereocenters. The van der Waals surface area contributed by atoms with Gasteiger partial charge >= 0.3 is 0 Å². The van der Waals surface area contributed by atoms with Gasteiger partial charge in [0.2, 0.25) is 0 Å². The zero-order chi connectivity index (χ0) is 13.8. The van der Waals surface area contributed by atoms with Crippen LogP contribution in [0.2, 0.25) is 0 Å². The lowest BCUT2D eigenvalue weighted by Crippen LogP contribution is -2.50. The summed E-state index contributed by atoms with van der Waals surface area (Å²) < 4.78 is 0. The molecule has 0 bridgehead atoms. The molecule has 5 nitrogen and oxygen atoms in total. The first-order valence-corrected chi connectivity index (χ1v) is 6.48. The quantitative estimate of drug-likeness (QED) is 0.368. The number of carbonyl (C=O) groups excluding carboxylic acids is 1. The second kappa shape index (κ2) is 5.73. The van der Waals surface area contributed by atoms with Crippen molar-refractivity contribution in [2.45, 2.75) is 32.2 Å². The Labute approximate surface area is 112 Å². The van der Waals surface area contributed by atoms with Crippen molar-refractivity contribution in [3.05, 3.63) is 35.4 Å². The van der Waals surface area contributed by atoms with E-state index in [0.29, 0.717) is 12.1 Å². The molecule has 0 aromatic heterocycles. The maximum absolute atomic E-state index is 12.5. The Balaban J connectivity index is 2.25. The van der Waals surface area contributed by atoms with E-state index in [9.17, 15) is 4.79 Å². The van der Waals surface area contributed by atoms with Crippen LogP contribution in [0.1, 0.15) is 35.2 Å². The highest BCUT2D eigenvalue weighted by Crippen LogP contribution is 2.20. The van der Waals surface area contributed by atoms with Crippen molar-refractivity contribution in [3.8, 4) is 0 Å². The van der Waals surface area contributed by atoms with Gasteiger partial charge in [-0.05, 0) is 38.3 Å². The van der Waals surface area contributed by atoms with Gasteiger partial charge in [-0.3, -0.25) is 4.79 Å². The van der Waals surface area contributed by atoms with Gasteiger partial charge in [0, 0.05) is 12.1 Å². The summed E-state index contributed by atoms with van der Waals surface area (Å²) in [6.07, 6.45) is 2.68. The zero-order valence-corrected chi connectivity index (χ0v) is 11.0. The minimum Gasteiger partial charge on any atom is -0.409 e. The molecule has 1 fully saturated rings. The number of aryl methyl sites for hydroxylation is 1. The van der Waals surface area contributed by atoms with Crippen molar-refractivity contribution < 1.29 is 10.0 Å². The Morgan fingerprint density at radius 3 is 2.95 bits per heavy atom. The number of nitrogens with zero attached hydrogens (tertiary/aromatic N) is 2. The van der Waals surface area contributed by atoms with Gasteiger partial charge in [0.25, 0.3) is 5.91 Å². The van der Waals surface area contributed by atoms with Crippen molar-refractivity contribution in [1.82, 2.24) is 4.90 Å². The van der Waals surface area contributed by atoms with Crippen molar-refractivity contribution in [2.24, 2.45) is 10.9 Å². The van der Waals surface area contributed by atoms with Gasteiger partial charge in [-0.25, -0.2) is 0 Å². The van der Waals surface area contributed by atoms with Crippen LogP contribution < -0.4 is 5.73 Å². The van der Waals surface area contributed by atoms with Gasteiger partial charge in [-0.15, -0.1) is 0 Å². The Hall–Kier alpha value is -2.04. The standard InChI is InChI=1S/C14H19N3O2/c1-10-5-4-6-11(9-10)14(18)17-8-3-2-7-12(17)13(15)16-19/h4-6,9,12,19H,2-3,7-8H2,1H3,(H2,15,16). The van der Waals surface area contributed by atoms with Gasteiger partial charge in [0.05, 0.1) is 6.04 Å². The lowest BCUT2D eigenvalue weighted by Gasteiger charge is -2.34. The van der Waals surface area contributed by atoms with Crippen LogP contribution in [-0.4, -0.2) is 34.4 Å². The molecule has 1 aliphatic heterocycles. The lowest BCUT2D eigenvalue weighted by molar-refractivity contribution is 0.0676. The molecule has 19 heavy (non-hydrogen) atoms. The van der Waals surface area contributed by atoms with Crippen LogP contribution in [0.25, 0.3) is 0 Å². The number of likely N-dealkylation sites (tertiary alicyclic amines) is 1. The number of nitrogens with two attached hydrogens (primary N) is 1. The van der Waals surface area contributed by atoms with Crippen molar-refractivity contribution in [2.75, 3.05) is 6.54 Å². The van der Waals surface area contributed by atoms with E-state index in [4.69, 9.17) is 10.9 Å². The summed E-state index contributed by atoms with van der Waals surface area (Å²) in [4.78, 5) is 14.2. The second-order valence-electron chi connectivity index (χ2n) is 4.90. The van der Waals surface area contributed by atoms with E-state index < -0.39 is 0 Å². The van der Waals surface area contributed by atoms with Crippen LogP contribution in [0, 0.1) is 6.92 Å². The molecule has 0 spiro atoms. The van der Waals surface area contributed by atoms with E-state index in [1.165, 1.54) is 0 Å². The summed E-state index contributed by atoms with van der Waals surface area (Å²) >= 11 is 0. The predicted molar refractivity (Wildman–Crippen MR) is 73.3 cm³/mol. The highest BCUT2D eigenvalue weighted by molar-refractivity contribution is 5.98. The molecule has 2 rings (SSSR count). The van der Waals surface area contributed by atoms with Crippen LogP contribution >= 0.6 is 0 Å². The minimum absolute atomic E-state index is 0.0556. The number of oxime groups is 1. The fraction of sp³-hybridized carbons (Fsp3) is 0.429. The highest BCUT2D eigenvalue weighted by atomic mass is 16.4. The maximum Gasteiger partial charge on any atom is 0.254 e. The third kappa shape index (κ3) is 2.86. The van der Waals surface area contributed by atoms with Gasteiger partial charge in [-0.1, -0.05) is 22.9 Å². The lowest BCUT2D eigenvalue weighted by atomic mass is 9.99. The molecule has 5 heteroatoms. The van der Waals surface area contributed by atoms with Crippen molar-refractivity contribution in [1.29, 1.82) is 0 Å². The second-order valence-corrected chi connectivity index (χ2v) is 4.90. The number of rotatable bonds is 2. The number of hydrogen-bond donors (Lipinski definition) is 2. The molecule has 1 aromatic carbocycles. The molecular weight excluding hydrogens is 242 g/mol. The SMILES string of the molecule is Cc1cccc(C(=O)N2CCCCC2C(N)=NO)c1. The molecule has 3 N–H and O–H groups in total. The number of carbonyl (C=O) groups is 1. The fourth-order valence-electron chi connectivity index (χ4n) is 2.49. The van der Waals surface area contributed by atoms with Gasteiger partial charge < -0.3 is 15.8 Å². The van der Waals surface area contributed by atoms with Gasteiger partial charge in [0.1, 0.15) is 0 Å². The number of hydrogen-bond acceptors (Lipinski definition) is 3. The molecule has 1 atom stereocenters.